The first-order valence-corrected chi connectivity index (χ1v) is 10.1. The van der Waals surface area contributed by atoms with Crippen LogP contribution in [-0.4, -0.2) is 11.7 Å². The summed E-state index contributed by atoms with van der Waals surface area (Å²) in [5.41, 5.74) is 2.18. The summed E-state index contributed by atoms with van der Waals surface area (Å²) in [6.45, 7) is 9.92. The van der Waals surface area contributed by atoms with E-state index < -0.39 is 6.69 Å². The Morgan fingerprint density at radius 1 is 1.08 bits per heavy atom. The van der Waals surface area contributed by atoms with Crippen molar-refractivity contribution in [2.45, 2.75) is 33.5 Å². The van der Waals surface area contributed by atoms with E-state index in [1.54, 1.807) is 0 Å². The van der Waals surface area contributed by atoms with Gasteiger partial charge in [-0.15, -0.1) is 15.3 Å². The molecule has 0 atom stereocenters. The molecule has 0 aliphatic heterocycles. The van der Waals surface area contributed by atoms with Crippen molar-refractivity contribution in [3.8, 4) is 0 Å². The molecule has 0 fully saturated rings. The lowest BCUT2D eigenvalue weighted by Crippen LogP contribution is -2.05. The van der Waals surface area contributed by atoms with Crippen molar-refractivity contribution < 1.29 is 0 Å². The molecule has 1 aromatic rings. The smallest absolute Gasteiger partial charge is 0.121 e. The van der Waals surface area contributed by atoms with Gasteiger partial charge in [0, 0.05) is 11.4 Å². The predicted octanol–water partition coefficient (Wildman–Crippen LogP) is 3.91. The van der Waals surface area contributed by atoms with E-state index in [9.17, 15) is 0 Å². The molecule has 3 heteroatoms. The van der Waals surface area contributed by atoms with E-state index in [1.165, 1.54) is 0 Å². The summed E-state index contributed by atoms with van der Waals surface area (Å²) in [6, 6.07) is 6.00. The van der Waals surface area contributed by atoms with E-state index in [-0.39, 0.29) is 0 Å². The third-order valence-electron chi connectivity index (χ3n) is 1.03. The summed E-state index contributed by atoms with van der Waals surface area (Å²) < 4.78 is 0. The summed E-state index contributed by atoms with van der Waals surface area (Å²) in [5, 5.41) is 0. The van der Waals surface area contributed by atoms with E-state index in [2.05, 4.69) is 39.9 Å². The van der Waals surface area contributed by atoms with Crippen molar-refractivity contribution in [1.29, 1.82) is 0 Å². The van der Waals surface area contributed by atoms with Crippen molar-refractivity contribution >= 4 is 22.0 Å². The second-order valence-corrected chi connectivity index (χ2v) is 15.3. The summed E-state index contributed by atoms with van der Waals surface area (Å²) in [4.78, 5) is 4.17. The van der Waals surface area contributed by atoms with Crippen molar-refractivity contribution in [3.63, 3.8) is 0 Å². The number of rotatable bonds is 0. The van der Waals surface area contributed by atoms with Crippen molar-refractivity contribution in [2.75, 3.05) is 0 Å². The van der Waals surface area contributed by atoms with Crippen LogP contribution in [0.4, 0.5) is 0 Å². The molecule has 0 bridgehead atoms. The van der Waals surface area contributed by atoms with Gasteiger partial charge in [0.2, 0.25) is 0 Å². The van der Waals surface area contributed by atoms with Crippen LogP contribution in [0.5, 0.6) is 0 Å². The van der Waals surface area contributed by atoms with Crippen LogP contribution in [-0.2, 0) is 0 Å². The van der Waals surface area contributed by atoms with Gasteiger partial charge in [0.25, 0.3) is 0 Å². The fraction of sp³-hybridized carbons (Fsp3) is 0.500. The standard InChI is InChI=1S/C7H9N.C3H9BrSi/c1-6-4-3-5-7(2)8-6;1-5(2,3)4/h3-5H,1-2H3;1-3H3. The Balaban J connectivity index is 0.000000252. The molecule has 0 saturated carbocycles. The van der Waals surface area contributed by atoms with Gasteiger partial charge < -0.3 is 0 Å². The highest BCUT2D eigenvalue weighted by Crippen LogP contribution is 2.07. The van der Waals surface area contributed by atoms with Gasteiger partial charge in [-0.05, 0) is 26.0 Å². The number of aryl methyl sites for hydroxylation is 2. The molecule has 0 unspecified atom stereocenters. The highest BCUT2D eigenvalue weighted by Gasteiger charge is 2.03. The van der Waals surface area contributed by atoms with Crippen LogP contribution in [0, 0.1) is 13.8 Å². The van der Waals surface area contributed by atoms with Crippen LogP contribution < -0.4 is 0 Å². The van der Waals surface area contributed by atoms with Crippen LogP contribution in [0.2, 0.25) is 19.6 Å². The Morgan fingerprint density at radius 2 is 1.38 bits per heavy atom. The van der Waals surface area contributed by atoms with E-state index in [1.807, 2.05) is 32.0 Å². The van der Waals surface area contributed by atoms with Crippen molar-refractivity contribution in [1.82, 2.24) is 4.98 Å². The molecule has 0 aromatic carbocycles. The molecule has 0 radical (unpaired) electrons. The molecule has 0 saturated heterocycles. The Kier molecular flexibility index (Phi) is 5.49. The average Bonchev–Trinajstić information content (AvgIpc) is 1.81. The highest BCUT2D eigenvalue weighted by atomic mass is 79.9. The molecule has 1 heterocycles. The van der Waals surface area contributed by atoms with Gasteiger partial charge >= 0.3 is 0 Å². The Labute approximate surface area is 90.2 Å². The van der Waals surface area contributed by atoms with Gasteiger partial charge in [-0.1, -0.05) is 25.7 Å². The van der Waals surface area contributed by atoms with Crippen molar-refractivity contribution in [3.05, 3.63) is 29.6 Å². The summed E-state index contributed by atoms with van der Waals surface area (Å²) in [6.07, 6.45) is 0. The monoisotopic (exact) mass is 259 g/mol. The maximum absolute atomic E-state index is 4.17. The van der Waals surface area contributed by atoms with Crippen molar-refractivity contribution in [2.24, 2.45) is 0 Å². The number of hydrogen-bond donors (Lipinski definition) is 0. The summed E-state index contributed by atoms with van der Waals surface area (Å²) >= 11 is 3.51. The number of aromatic nitrogens is 1. The van der Waals surface area contributed by atoms with Gasteiger partial charge in [-0.25, -0.2) is 0 Å². The quantitative estimate of drug-likeness (QED) is 0.509. The van der Waals surface area contributed by atoms with E-state index in [0.717, 1.165) is 11.4 Å². The van der Waals surface area contributed by atoms with Crippen LogP contribution in [0.15, 0.2) is 18.2 Å². The number of hydrogen-bond acceptors (Lipinski definition) is 1. The molecule has 1 nitrogen and oxygen atoms in total. The van der Waals surface area contributed by atoms with Gasteiger partial charge in [0.1, 0.15) is 6.69 Å². The first-order valence-electron chi connectivity index (χ1n) is 4.38. The molecule has 13 heavy (non-hydrogen) atoms. The molecule has 0 aliphatic rings. The normalized spacial score (nSPS) is 10.3. The lowest BCUT2D eigenvalue weighted by atomic mass is 10.3. The zero-order chi connectivity index (χ0) is 10.5. The Morgan fingerprint density at radius 3 is 1.54 bits per heavy atom. The lowest BCUT2D eigenvalue weighted by molar-refractivity contribution is 1.12. The fourth-order valence-electron chi connectivity index (χ4n) is 0.679. The van der Waals surface area contributed by atoms with Crippen LogP contribution in [0.1, 0.15) is 11.4 Å². The third-order valence-corrected chi connectivity index (χ3v) is 1.03. The zero-order valence-corrected chi connectivity index (χ0v) is 11.6. The molecule has 0 spiro atoms. The second-order valence-electron chi connectivity index (χ2n) is 3.99. The molecule has 0 amide bonds. The Bertz CT molecular complexity index is 232. The van der Waals surface area contributed by atoms with Crippen LogP contribution in [0.25, 0.3) is 0 Å². The zero-order valence-electron chi connectivity index (χ0n) is 9.06. The predicted molar refractivity (Wildman–Crippen MR) is 66.0 cm³/mol. The van der Waals surface area contributed by atoms with Gasteiger partial charge in [0.05, 0.1) is 0 Å². The minimum absolute atomic E-state index is 0.799. The van der Waals surface area contributed by atoms with Gasteiger partial charge in [-0.3, -0.25) is 4.98 Å². The minimum Gasteiger partial charge on any atom is -0.258 e. The molecular formula is C10H18BrNSi. The second kappa shape index (κ2) is 5.55. The average molecular weight is 260 g/mol. The maximum Gasteiger partial charge on any atom is 0.121 e. The molecule has 0 N–H and O–H groups in total. The largest absolute Gasteiger partial charge is 0.258 e. The number of pyridine rings is 1. The van der Waals surface area contributed by atoms with E-state index in [0.29, 0.717) is 0 Å². The SMILES string of the molecule is C[Si](C)(C)Br.Cc1cccc(C)n1. The number of halogens is 1. The minimum atomic E-state index is -0.799. The molecule has 74 valence electrons. The van der Waals surface area contributed by atoms with E-state index in [4.69, 9.17) is 0 Å². The molecular weight excluding hydrogens is 242 g/mol. The van der Waals surface area contributed by atoms with Crippen LogP contribution >= 0.6 is 15.3 Å². The fourth-order valence-corrected chi connectivity index (χ4v) is 0.679. The molecule has 1 aromatic heterocycles. The summed E-state index contributed by atoms with van der Waals surface area (Å²) in [5.74, 6) is 0. The van der Waals surface area contributed by atoms with Gasteiger partial charge in [0.15, 0.2) is 0 Å². The lowest BCUT2D eigenvalue weighted by Gasteiger charge is -1.98. The highest BCUT2D eigenvalue weighted by molar-refractivity contribution is 9.26. The molecule has 1 rings (SSSR count). The first-order chi connectivity index (χ1) is 5.79. The van der Waals surface area contributed by atoms with Gasteiger partial charge in [-0.2, -0.15) is 0 Å². The van der Waals surface area contributed by atoms with E-state index >= 15 is 0 Å². The first kappa shape index (κ1) is 12.8. The van der Waals surface area contributed by atoms with Crippen LogP contribution in [0.3, 0.4) is 0 Å². The number of nitrogens with zero attached hydrogens (tertiary/aromatic N) is 1. The third kappa shape index (κ3) is 11.8. The topological polar surface area (TPSA) is 12.9 Å². The molecule has 0 aliphatic carbocycles. The Hall–Kier alpha value is -0.153. The maximum atomic E-state index is 4.17. The summed E-state index contributed by atoms with van der Waals surface area (Å²) in [7, 11) is 0.